The van der Waals surface area contributed by atoms with Crippen molar-refractivity contribution < 1.29 is 18.3 Å². The molecule has 3 heterocycles. The summed E-state index contributed by atoms with van der Waals surface area (Å²) in [5.41, 5.74) is 0.264. The summed E-state index contributed by atoms with van der Waals surface area (Å²) in [5.74, 6) is 0.0808. The summed E-state index contributed by atoms with van der Waals surface area (Å²) in [4.78, 5) is 2.25. The Balaban J connectivity index is 1.70. The standard InChI is InChI=1S/C19H20F3N5O/c1-26-8-2-4-13(11-26)23-18-25-24-17(15-5-3-9-27(15)18)14-7-6-12(10-16(14)28)19(20,21)22/h3,5-7,9-10,13,28H,2,4,8,11H2,1H3,(H,23,25)/t13-/m1/s1. The van der Waals surface area contributed by atoms with E-state index in [9.17, 15) is 18.3 Å². The van der Waals surface area contributed by atoms with E-state index >= 15 is 0 Å². The van der Waals surface area contributed by atoms with Gasteiger partial charge in [-0.25, -0.2) is 0 Å². The molecule has 1 aliphatic rings. The van der Waals surface area contributed by atoms with E-state index < -0.39 is 17.5 Å². The van der Waals surface area contributed by atoms with Crippen LogP contribution in [0.4, 0.5) is 19.1 Å². The fraction of sp³-hybridized carbons (Fsp3) is 0.368. The van der Waals surface area contributed by atoms with E-state index in [0.29, 0.717) is 23.2 Å². The van der Waals surface area contributed by atoms with Gasteiger partial charge in [-0.15, -0.1) is 10.2 Å². The Hall–Kier alpha value is -2.81. The van der Waals surface area contributed by atoms with Crippen LogP contribution in [0.2, 0.25) is 0 Å². The summed E-state index contributed by atoms with van der Waals surface area (Å²) >= 11 is 0. The largest absolute Gasteiger partial charge is 0.507 e. The van der Waals surface area contributed by atoms with Gasteiger partial charge in [0.05, 0.1) is 11.1 Å². The molecule has 1 saturated heterocycles. The molecule has 4 rings (SSSR count). The number of anilines is 1. The third kappa shape index (κ3) is 3.49. The summed E-state index contributed by atoms with van der Waals surface area (Å²) in [6.45, 7) is 1.96. The summed E-state index contributed by atoms with van der Waals surface area (Å²) in [6, 6.07) is 6.70. The van der Waals surface area contributed by atoms with Gasteiger partial charge in [-0.05, 0) is 56.8 Å². The lowest BCUT2D eigenvalue weighted by Gasteiger charge is -2.30. The SMILES string of the molecule is CN1CCC[C@@H](Nc2nnc(-c3ccc(C(F)(F)F)cc3O)c3cccn23)C1. The topological polar surface area (TPSA) is 65.7 Å². The molecule has 9 heteroatoms. The quantitative estimate of drug-likeness (QED) is 0.714. The zero-order valence-corrected chi connectivity index (χ0v) is 15.2. The van der Waals surface area contributed by atoms with E-state index in [2.05, 4.69) is 27.5 Å². The first-order valence-corrected chi connectivity index (χ1v) is 9.02. The first kappa shape index (κ1) is 18.5. The van der Waals surface area contributed by atoms with Crippen LogP contribution in [0.5, 0.6) is 5.75 Å². The van der Waals surface area contributed by atoms with E-state index in [0.717, 1.165) is 32.0 Å². The van der Waals surface area contributed by atoms with Crippen LogP contribution in [0, 0.1) is 0 Å². The van der Waals surface area contributed by atoms with E-state index in [1.54, 1.807) is 10.5 Å². The van der Waals surface area contributed by atoms with Crippen LogP contribution in [0.25, 0.3) is 16.8 Å². The molecule has 0 spiro atoms. The number of likely N-dealkylation sites (tertiary alicyclic amines) is 1. The molecule has 0 aliphatic carbocycles. The molecule has 3 aromatic rings. The Bertz CT molecular complexity index is 1000. The van der Waals surface area contributed by atoms with Crippen molar-refractivity contribution in [3.8, 4) is 17.0 Å². The maximum Gasteiger partial charge on any atom is 0.416 e. The second kappa shape index (κ2) is 6.97. The second-order valence-corrected chi connectivity index (χ2v) is 7.11. The van der Waals surface area contributed by atoms with Crippen LogP contribution in [-0.2, 0) is 6.18 Å². The van der Waals surface area contributed by atoms with Gasteiger partial charge < -0.3 is 15.3 Å². The Kier molecular flexibility index (Phi) is 4.62. The number of phenols is 1. The van der Waals surface area contributed by atoms with Crippen LogP contribution in [0.3, 0.4) is 0 Å². The molecule has 1 aromatic carbocycles. The zero-order valence-electron chi connectivity index (χ0n) is 15.2. The molecule has 1 fully saturated rings. The van der Waals surface area contributed by atoms with Gasteiger partial charge in [0, 0.05) is 24.3 Å². The van der Waals surface area contributed by atoms with Crippen LogP contribution < -0.4 is 5.32 Å². The molecule has 0 radical (unpaired) electrons. The average Bonchev–Trinajstić information content (AvgIpc) is 3.12. The fourth-order valence-electron chi connectivity index (χ4n) is 3.62. The Morgan fingerprint density at radius 3 is 2.75 bits per heavy atom. The minimum Gasteiger partial charge on any atom is -0.507 e. The lowest BCUT2D eigenvalue weighted by molar-refractivity contribution is -0.137. The van der Waals surface area contributed by atoms with E-state index in [1.807, 2.05) is 12.3 Å². The van der Waals surface area contributed by atoms with Gasteiger partial charge in [0.15, 0.2) is 0 Å². The van der Waals surface area contributed by atoms with Crippen molar-refractivity contribution in [1.82, 2.24) is 19.5 Å². The number of benzene rings is 1. The summed E-state index contributed by atoms with van der Waals surface area (Å²) < 4.78 is 40.4. The highest BCUT2D eigenvalue weighted by molar-refractivity contribution is 5.81. The first-order valence-electron chi connectivity index (χ1n) is 9.02. The molecule has 6 nitrogen and oxygen atoms in total. The van der Waals surface area contributed by atoms with Gasteiger partial charge in [0.1, 0.15) is 11.4 Å². The van der Waals surface area contributed by atoms with Crippen molar-refractivity contribution in [2.45, 2.75) is 25.1 Å². The fourth-order valence-corrected chi connectivity index (χ4v) is 3.62. The molecule has 28 heavy (non-hydrogen) atoms. The van der Waals surface area contributed by atoms with Crippen molar-refractivity contribution in [3.05, 3.63) is 42.1 Å². The highest BCUT2D eigenvalue weighted by Crippen LogP contribution is 2.37. The number of hydrogen-bond donors (Lipinski definition) is 2. The minimum atomic E-state index is -4.52. The average molecular weight is 391 g/mol. The molecule has 0 bridgehead atoms. The molecule has 148 valence electrons. The molecule has 0 amide bonds. The number of piperidine rings is 1. The van der Waals surface area contributed by atoms with Crippen molar-refractivity contribution >= 4 is 11.5 Å². The maximum absolute atomic E-state index is 12.9. The number of rotatable bonds is 3. The molecule has 1 aliphatic heterocycles. The number of alkyl halides is 3. The van der Waals surface area contributed by atoms with Crippen molar-refractivity contribution in [3.63, 3.8) is 0 Å². The van der Waals surface area contributed by atoms with Crippen molar-refractivity contribution in [1.29, 1.82) is 0 Å². The second-order valence-electron chi connectivity index (χ2n) is 7.11. The van der Waals surface area contributed by atoms with Gasteiger partial charge in [0.2, 0.25) is 5.95 Å². The van der Waals surface area contributed by atoms with Crippen LogP contribution in [0.1, 0.15) is 18.4 Å². The first-order chi connectivity index (χ1) is 13.3. The third-order valence-electron chi connectivity index (χ3n) is 5.00. The minimum absolute atomic E-state index is 0.202. The number of phenolic OH excluding ortho intramolecular Hbond substituents is 1. The predicted octanol–water partition coefficient (Wildman–Crippen LogP) is 3.63. The maximum atomic E-state index is 12.9. The molecular weight excluding hydrogens is 371 g/mol. The van der Waals surface area contributed by atoms with Crippen LogP contribution >= 0.6 is 0 Å². The van der Waals surface area contributed by atoms with Crippen LogP contribution in [-0.4, -0.2) is 50.8 Å². The molecule has 2 aromatic heterocycles. The number of likely N-dealkylation sites (N-methyl/N-ethyl adjacent to an activating group) is 1. The van der Waals surface area contributed by atoms with Crippen molar-refractivity contribution in [2.24, 2.45) is 0 Å². The van der Waals surface area contributed by atoms with Gasteiger partial charge in [-0.1, -0.05) is 0 Å². The van der Waals surface area contributed by atoms with Gasteiger partial charge in [-0.2, -0.15) is 13.2 Å². The molecule has 0 saturated carbocycles. The van der Waals surface area contributed by atoms with E-state index in [1.165, 1.54) is 6.07 Å². The van der Waals surface area contributed by atoms with Gasteiger partial charge in [-0.3, -0.25) is 4.40 Å². The number of nitrogens with one attached hydrogen (secondary N) is 1. The number of fused-ring (bicyclic) bond motifs is 1. The summed E-state index contributed by atoms with van der Waals surface area (Å²) in [5, 5.41) is 22.0. The van der Waals surface area contributed by atoms with Crippen molar-refractivity contribution in [2.75, 3.05) is 25.5 Å². The lowest BCUT2D eigenvalue weighted by atomic mass is 10.1. The number of halogens is 3. The lowest BCUT2D eigenvalue weighted by Crippen LogP contribution is -2.40. The molecule has 0 unspecified atom stereocenters. The Morgan fingerprint density at radius 1 is 1.21 bits per heavy atom. The normalized spacial score (nSPS) is 18.5. The summed E-state index contributed by atoms with van der Waals surface area (Å²) in [6.07, 6.45) is -0.597. The monoisotopic (exact) mass is 391 g/mol. The van der Waals surface area contributed by atoms with E-state index in [4.69, 9.17) is 0 Å². The molecule has 2 N–H and O–H groups in total. The molecule has 1 atom stereocenters. The van der Waals surface area contributed by atoms with Gasteiger partial charge in [0.25, 0.3) is 0 Å². The molecular formula is C19H20F3N5O. The number of aromatic hydroxyl groups is 1. The zero-order chi connectivity index (χ0) is 19.9. The number of nitrogens with zero attached hydrogens (tertiary/aromatic N) is 4. The Labute approximate surface area is 159 Å². The summed E-state index contributed by atoms with van der Waals surface area (Å²) in [7, 11) is 2.07. The highest BCUT2D eigenvalue weighted by atomic mass is 19.4. The number of aromatic nitrogens is 3. The predicted molar refractivity (Wildman–Crippen MR) is 99.2 cm³/mol. The van der Waals surface area contributed by atoms with Gasteiger partial charge >= 0.3 is 6.18 Å². The van der Waals surface area contributed by atoms with E-state index in [-0.39, 0.29) is 11.6 Å². The van der Waals surface area contributed by atoms with Crippen LogP contribution in [0.15, 0.2) is 36.5 Å². The Morgan fingerprint density at radius 2 is 2.04 bits per heavy atom. The highest BCUT2D eigenvalue weighted by Gasteiger charge is 2.31. The third-order valence-corrected chi connectivity index (χ3v) is 5.00. The smallest absolute Gasteiger partial charge is 0.416 e. The number of hydrogen-bond acceptors (Lipinski definition) is 5.